The first kappa shape index (κ1) is 11.3. The number of aliphatic carboxylic acids is 1. The van der Waals surface area contributed by atoms with Crippen LogP contribution in [-0.2, 0) is 4.79 Å². The lowest BCUT2D eigenvalue weighted by atomic mass is 9.86. The van der Waals surface area contributed by atoms with Gasteiger partial charge < -0.3 is 15.0 Å². The summed E-state index contributed by atoms with van der Waals surface area (Å²) in [6.07, 6.45) is 0. The number of carbonyl (C=O) groups excluding carboxylic acids is 1. The topological polar surface area (TPSA) is 60.4 Å². The largest absolute Gasteiger partial charge is 0.544 e. The molecule has 3 nitrogen and oxygen atoms in total. The van der Waals surface area contributed by atoms with Gasteiger partial charge in [0.15, 0.2) is 0 Å². The highest BCUT2D eigenvalue weighted by molar-refractivity contribution is 5.74. The molecule has 0 radical (unpaired) electrons. The maximum atomic E-state index is 12.7. The van der Waals surface area contributed by atoms with Gasteiger partial charge in [0.25, 0.3) is 0 Å². The maximum absolute atomic E-state index is 12.7. The Morgan fingerprint density at radius 3 is 1.92 bits per heavy atom. The zero-order valence-corrected chi connectivity index (χ0v) is 7.10. The summed E-state index contributed by atoms with van der Waals surface area (Å²) in [6.45, 7) is 3.38. The number of carbonyl (C=O) groups is 1. The molecular weight excluding hydrogens is 170 g/mol. The fourth-order valence-electron chi connectivity index (χ4n) is 0.569. The van der Waals surface area contributed by atoms with Crippen LogP contribution >= 0.6 is 0 Å². The first-order valence-corrected chi connectivity index (χ1v) is 3.45. The average molecular weight is 181 g/mol. The number of alkyl halides is 2. The minimum absolute atomic E-state index is 0.771. The van der Waals surface area contributed by atoms with Gasteiger partial charge in [-0.3, -0.25) is 0 Å². The van der Waals surface area contributed by atoms with E-state index < -0.39 is 23.4 Å². The van der Waals surface area contributed by atoms with E-state index in [1.54, 1.807) is 0 Å². The standard InChI is InChI=1S/C7H12F2O3/c1-4(2)6(3,12)7(8,9)5(10)11/h4,12H,1-3H3,(H,10,11)/p-1. The quantitative estimate of drug-likeness (QED) is 0.654. The first-order chi connectivity index (χ1) is 5.14. The van der Waals surface area contributed by atoms with Gasteiger partial charge in [-0.25, -0.2) is 0 Å². The Balaban J connectivity index is 4.88. The SMILES string of the molecule is CC(C)C(C)(O)C(F)(F)C(=O)[O-]. The molecule has 0 spiro atoms. The molecule has 0 amide bonds. The summed E-state index contributed by atoms with van der Waals surface area (Å²) in [5.41, 5.74) is -2.58. The van der Waals surface area contributed by atoms with Gasteiger partial charge >= 0.3 is 5.92 Å². The van der Waals surface area contributed by atoms with Crippen LogP contribution in [0.1, 0.15) is 20.8 Å². The molecule has 1 atom stereocenters. The van der Waals surface area contributed by atoms with Gasteiger partial charge in [-0.2, -0.15) is 8.78 Å². The second-order valence-electron chi connectivity index (χ2n) is 3.16. The summed E-state index contributed by atoms with van der Waals surface area (Å²) in [7, 11) is 0. The van der Waals surface area contributed by atoms with Gasteiger partial charge in [0.1, 0.15) is 11.6 Å². The van der Waals surface area contributed by atoms with Crippen LogP contribution in [0, 0.1) is 5.92 Å². The molecule has 0 aromatic heterocycles. The Kier molecular flexibility index (Phi) is 2.79. The number of rotatable bonds is 3. The fourth-order valence-corrected chi connectivity index (χ4v) is 0.569. The summed E-state index contributed by atoms with van der Waals surface area (Å²) in [6, 6.07) is 0. The predicted octanol–water partition coefficient (Wildman–Crippen LogP) is -0.221. The van der Waals surface area contributed by atoms with Crippen molar-refractivity contribution < 1.29 is 23.8 Å². The molecular formula is C7H11F2O3-. The van der Waals surface area contributed by atoms with E-state index in [0.717, 1.165) is 6.92 Å². The summed E-state index contributed by atoms with van der Waals surface area (Å²) < 4.78 is 25.3. The maximum Gasteiger partial charge on any atom is 0.315 e. The van der Waals surface area contributed by atoms with E-state index in [2.05, 4.69) is 0 Å². The smallest absolute Gasteiger partial charge is 0.315 e. The monoisotopic (exact) mass is 181 g/mol. The van der Waals surface area contributed by atoms with Crippen LogP contribution in [0.25, 0.3) is 0 Å². The molecule has 0 aromatic carbocycles. The van der Waals surface area contributed by atoms with Crippen LogP contribution in [0.5, 0.6) is 0 Å². The second kappa shape index (κ2) is 2.97. The lowest BCUT2D eigenvalue weighted by molar-refractivity contribution is -0.345. The highest BCUT2D eigenvalue weighted by Gasteiger charge is 2.52. The molecule has 0 bridgehead atoms. The number of aliphatic hydroxyl groups is 1. The number of hydrogen-bond donors (Lipinski definition) is 1. The first-order valence-electron chi connectivity index (χ1n) is 3.45. The van der Waals surface area contributed by atoms with Gasteiger partial charge in [0.05, 0.1) is 0 Å². The van der Waals surface area contributed by atoms with Crippen LogP contribution in [0.4, 0.5) is 8.78 Å². The molecule has 0 aliphatic rings. The number of hydrogen-bond acceptors (Lipinski definition) is 3. The Bertz CT molecular complexity index is 187. The lowest BCUT2D eigenvalue weighted by Gasteiger charge is -2.36. The van der Waals surface area contributed by atoms with Crippen LogP contribution in [0.2, 0.25) is 0 Å². The molecule has 0 saturated heterocycles. The van der Waals surface area contributed by atoms with E-state index in [1.807, 2.05) is 0 Å². The molecule has 0 rings (SSSR count). The van der Waals surface area contributed by atoms with E-state index in [9.17, 15) is 18.7 Å². The van der Waals surface area contributed by atoms with Crippen LogP contribution in [0.3, 0.4) is 0 Å². The minimum Gasteiger partial charge on any atom is -0.544 e. The van der Waals surface area contributed by atoms with Crippen molar-refractivity contribution in [3.63, 3.8) is 0 Å². The highest BCUT2D eigenvalue weighted by Crippen LogP contribution is 2.33. The molecule has 5 heteroatoms. The van der Waals surface area contributed by atoms with Gasteiger partial charge in [-0.1, -0.05) is 13.8 Å². The molecule has 0 aliphatic heterocycles. The van der Waals surface area contributed by atoms with Crippen molar-refractivity contribution in [3.05, 3.63) is 0 Å². The van der Waals surface area contributed by atoms with Gasteiger partial charge in [-0.05, 0) is 12.8 Å². The van der Waals surface area contributed by atoms with Gasteiger partial charge in [-0.15, -0.1) is 0 Å². The molecule has 0 saturated carbocycles. The molecule has 1 unspecified atom stereocenters. The number of halogens is 2. The van der Waals surface area contributed by atoms with Crippen LogP contribution in [-0.4, -0.2) is 22.6 Å². The molecule has 0 heterocycles. The summed E-state index contributed by atoms with van der Waals surface area (Å²) in [5, 5.41) is 19.1. The molecule has 1 N–H and O–H groups in total. The average Bonchev–Trinajstić information content (AvgIpc) is 1.86. The Labute approximate surface area is 69.0 Å². The molecule has 0 aliphatic carbocycles. The number of carboxylic acid groups (broad SMARTS) is 1. The van der Waals surface area contributed by atoms with Crippen LogP contribution in [0.15, 0.2) is 0 Å². The van der Waals surface area contributed by atoms with Gasteiger partial charge in [0.2, 0.25) is 0 Å². The predicted molar refractivity (Wildman–Crippen MR) is 35.4 cm³/mol. The van der Waals surface area contributed by atoms with Crippen LogP contribution < -0.4 is 5.11 Å². The van der Waals surface area contributed by atoms with Crippen molar-refractivity contribution in [2.45, 2.75) is 32.3 Å². The minimum atomic E-state index is -4.22. The van der Waals surface area contributed by atoms with Crippen molar-refractivity contribution in [2.24, 2.45) is 5.92 Å². The van der Waals surface area contributed by atoms with Crippen molar-refractivity contribution in [1.82, 2.24) is 0 Å². The van der Waals surface area contributed by atoms with E-state index in [4.69, 9.17) is 5.11 Å². The molecule has 12 heavy (non-hydrogen) atoms. The van der Waals surface area contributed by atoms with Crippen molar-refractivity contribution in [2.75, 3.05) is 0 Å². The van der Waals surface area contributed by atoms with Crippen molar-refractivity contribution in [3.8, 4) is 0 Å². The lowest BCUT2D eigenvalue weighted by Crippen LogP contribution is -2.59. The second-order valence-corrected chi connectivity index (χ2v) is 3.16. The summed E-state index contributed by atoms with van der Waals surface area (Å²) in [4.78, 5) is 9.95. The third-order valence-corrected chi connectivity index (χ3v) is 2.02. The third kappa shape index (κ3) is 1.55. The Morgan fingerprint density at radius 1 is 1.50 bits per heavy atom. The van der Waals surface area contributed by atoms with Crippen molar-refractivity contribution in [1.29, 1.82) is 0 Å². The van der Waals surface area contributed by atoms with Crippen molar-refractivity contribution >= 4 is 5.97 Å². The van der Waals surface area contributed by atoms with Gasteiger partial charge in [0, 0.05) is 0 Å². The fraction of sp³-hybridized carbons (Fsp3) is 0.857. The molecule has 0 fully saturated rings. The van der Waals surface area contributed by atoms with E-state index in [-0.39, 0.29) is 0 Å². The van der Waals surface area contributed by atoms with E-state index in [0.29, 0.717) is 0 Å². The Morgan fingerprint density at radius 2 is 1.83 bits per heavy atom. The summed E-state index contributed by atoms with van der Waals surface area (Å²) >= 11 is 0. The zero-order valence-electron chi connectivity index (χ0n) is 7.10. The number of carboxylic acids is 1. The Hall–Kier alpha value is -0.710. The van der Waals surface area contributed by atoms with E-state index >= 15 is 0 Å². The highest BCUT2D eigenvalue weighted by atomic mass is 19.3. The normalized spacial score (nSPS) is 17.6. The zero-order chi connectivity index (χ0) is 10.2. The molecule has 0 aromatic rings. The molecule has 72 valence electrons. The third-order valence-electron chi connectivity index (χ3n) is 2.02. The van der Waals surface area contributed by atoms with E-state index in [1.165, 1.54) is 13.8 Å². The summed E-state index contributed by atoms with van der Waals surface area (Å²) in [5.74, 6) is -7.65.